The fraction of sp³-hybridized carbons (Fsp3) is 0.533. The van der Waals surface area contributed by atoms with Crippen LogP contribution in [-0.4, -0.2) is 26.6 Å². The quantitative estimate of drug-likeness (QED) is 0.893. The summed E-state index contributed by atoms with van der Waals surface area (Å²) in [7, 11) is -3.33. The molecule has 5 nitrogen and oxygen atoms in total. The number of hydrogen-bond donors (Lipinski definition) is 2. The highest BCUT2D eigenvalue weighted by molar-refractivity contribution is 7.92. The van der Waals surface area contributed by atoms with Crippen molar-refractivity contribution < 1.29 is 13.2 Å². The number of rotatable bonds is 4. The van der Waals surface area contributed by atoms with Crippen molar-refractivity contribution >= 4 is 21.6 Å². The van der Waals surface area contributed by atoms with Gasteiger partial charge in [-0.1, -0.05) is 12.5 Å². The molecule has 0 aliphatic heterocycles. The number of nitrogens with one attached hydrogen (secondary N) is 2. The van der Waals surface area contributed by atoms with Gasteiger partial charge in [0.05, 0.1) is 6.26 Å². The van der Waals surface area contributed by atoms with Crippen molar-refractivity contribution in [2.45, 2.75) is 31.7 Å². The van der Waals surface area contributed by atoms with Gasteiger partial charge in [0.2, 0.25) is 10.0 Å². The fourth-order valence-corrected chi connectivity index (χ4v) is 4.17. The molecule has 114 valence electrons. The lowest BCUT2D eigenvalue weighted by Gasteiger charge is -2.23. The minimum absolute atomic E-state index is 0.121. The van der Waals surface area contributed by atoms with E-state index in [0.717, 1.165) is 18.6 Å². The molecule has 0 radical (unpaired) electrons. The van der Waals surface area contributed by atoms with E-state index in [1.54, 1.807) is 24.3 Å². The molecule has 0 spiro atoms. The second kappa shape index (κ2) is 5.33. The summed E-state index contributed by atoms with van der Waals surface area (Å²) in [5.41, 5.74) is 0.907. The topological polar surface area (TPSA) is 75.3 Å². The van der Waals surface area contributed by atoms with Crippen LogP contribution in [0.5, 0.6) is 0 Å². The van der Waals surface area contributed by atoms with Gasteiger partial charge in [0, 0.05) is 17.3 Å². The highest BCUT2D eigenvalue weighted by atomic mass is 32.2. The molecule has 0 unspecified atom stereocenters. The van der Waals surface area contributed by atoms with Crippen molar-refractivity contribution in [1.82, 2.24) is 5.32 Å². The number of anilines is 1. The number of amides is 1. The smallest absolute Gasteiger partial charge is 0.251 e. The van der Waals surface area contributed by atoms with Crippen LogP contribution in [0.1, 0.15) is 36.0 Å². The standard InChI is InChI=1S/C15H20N2O3S/c1-21(19,20)17-13-4-2-3-12(9-13)15(18)16-14-8-10-5-6-11(14)7-10/h2-4,9-11,14,17H,5-8H2,1H3,(H,16,18)/t10-,11-,14+/m0/s1. The van der Waals surface area contributed by atoms with Crippen molar-refractivity contribution in [1.29, 1.82) is 0 Å². The first-order valence-electron chi connectivity index (χ1n) is 7.29. The molecule has 1 aromatic rings. The molecule has 2 aliphatic carbocycles. The largest absolute Gasteiger partial charge is 0.349 e. The lowest BCUT2D eigenvalue weighted by atomic mass is 9.95. The zero-order valence-corrected chi connectivity index (χ0v) is 12.8. The minimum atomic E-state index is -3.33. The Balaban J connectivity index is 1.68. The molecule has 3 atom stereocenters. The maximum absolute atomic E-state index is 12.3. The van der Waals surface area contributed by atoms with Crippen LogP contribution in [0.25, 0.3) is 0 Å². The number of hydrogen-bond acceptors (Lipinski definition) is 3. The molecular formula is C15H20N2O3S. The van der Waals surface area contributed by atoms with E-state index in [1.165, 1.54) is 19.3 Å². The number of sulfonamides is 1. The lowest BCUT2D eigenvalue weighted by molar-refractivity contribution is 0.0923. The molecule has 0 heterocycles. The lowest BCUT2D eigenvalue weighted by Crippen LogP contribution is -2.38. The number of benzene rings is 1. The van der Waals surface area contributed by atoms with E-state index in [4.69, 9.17) is 0 Å². The van der Waals surface area contributed by atoms with Crippen LogP contribution < -0.4 is 10.0 Å². The summed E-state index contributed by atoms with van der Waals surface area (Å²) in [5.74, 6) is 1.28. The summed E-state index contributed by atoms with van der Waals surface area (Å²) in [6.07, 6.45) is 5.92. The van der Waals surface area contributed by atoms with Gasteiger partial charge in [-0.05, 0) is 49.3 Å². The number of carbonyl (C=O) groups is 1. The van der Waals surface area contributed by atoms with Gasteiger partial charge in [-0.2, -0.15) is 0 Å². The molecule has 1 amide bonds. The summed E-state index contributed by atoms with van der Waals surface area (Å²) < 4.78 is 24.9. The fourth-order valence-electron chi connectivity index (χ4n) is 3.61. The van der Waals surface area contributed by atoms with Crippen molar-refractivity contribution in [2.75, 3.05) is 11.0 Å². The van der Waals surface area contributed by atoms with Crippen molar-refractivity contribution in [3.63, 3.8) is 0 Å². The molecule has 21 heavy (non-hydrogen) atoms. The Hall–Kier alpha value is -1.56. The first-order valence-corrected chi connectivity index (χ1v) is 9.18. The van der Waals surface area contributed by atoms with Crippen LogP contribution in [0.3, 0.4) is 0 Å². The first kappa shape index (κ1) is 14.4. The van der Waals surface area contributed by atoms with Crippen molar-refractivity contribution in [3.8, 4) is 0 Å². The number of fused-ring (bicyclic) bond motifs is 2. The highest BCUT2D eigenvalue weighted by Gasteiger charge is 2.40. The minimum Gasteiger partial charge on any atom is -0.349 e. The SMILES string of the molecule is CS(=O)(=O)Nc1cccc(C(=O)N[C@@H]2C[C@H]3CC[C@H]2C3)c1. The zero-order valence-electron chi connectivity index (χ0n) is 12.0. The van der Waals surface area contributed by atoms with Crippen molar-refractivity contribution in [3.05, 3.63) is 29.8 Å². The van der Waals surface area contributed by atoms with Gasteiger partial charge in [-0.15, -0.1) is 0 Å². The second-order valence-corrected chi connectivity index (χ2v) is 7.96. The van der Waals surface area contributed by atoms with E-state index in [2.05, 4.69) is 10.0 Å². The van der Waals surface area contributed by atoms with Crippen LogP contribution >= 0.6 is 0 Å². The predicted octanol–water partition coefficient (Wildman–Crippen LogP) is 1.98. The average Bonchev–Trinajstić information content (AvgIpc) is 2.99. The van der Waals surface area contributed by atoms with Gasteiger partial charge in [0.1, 0.15) is 0 Å². The monoisotopic (exact) mass is 308 g/mol. The molecule has 2 fully saturated rings. The van der Waals surface area contributed by atoms with Crippen LogP contribution in [0.15, 0.2) is 24.3 Å². The molecule has 6 heteroatoms. The van der Waals surface area contributed by atoms with E-state index in [1.807, 2.05) is 0 Å². The van der Waals surface area contributed by atoms with Crippen LogP contribution in [0, 0.1) is 11.8 Å². The molecule has 3 rings (SSSR count). The van der Waals surface area contributed by atoms with Gasteiger partial charge < -0.3 is 5.32 Å². The van der Waals surface area contributed by atoms with E-state index in [9.17, 15) is 13.2 Å². The molecule has 2 bridgehead atoms. The van der Waals surface area contributed by atoms with Crippen LogP contribution in [0.2, 0.25) is 0 Å². The molecule has 0 saturated heterocycles. The third-order valence-electron chi connectivity index (χ3n) is 4.48. The first-order chi connectivity index (χ1) is 9.90. The van der Waals surface area contributed by atoms with Gasteiger partial charge in [-0.3, -0.25) is 9.52 Å². The molecule has 0 aromatic heterocycles. The van der Waals surface area contributed by atoms with Gasteiger partial charge in [-0.25, -0.2) is 8.42 Å². The normalized spacial score (nSPS) is 27.6. The van der Waals surface area contributed by atoms with Crippen LogP contribution in [0.4, 0.5) is 5.69 Å². The van der Waals surface area contributed by atoms with Crippen LogP contribution in [-0.2, 0) is 10.0 Å². The Kier molecular flexibility index (Phi) is 3.65. The molecule has 2 aliphatic rings. The number of carbonyl (C=O) groups excluding carboxylic acids is 1. The zero-order chi connectivity index (χ0) is 15.0. The maximum atomic E-state index is 12.3. The predicted molar refractivity (Wildman–Crippen MR) is 81.6 cm³/mol. The summed E-state index contributed by atoms with van der Waals surface area (Å²) in [5, 5.41) is 3.10. The van der Waals surface area contributed by atoms with Gasteiger partial charge >= 0.3 is 0 Å². The highest BCUT2D eigenvalue weighted by Crippen LogP contribution is 2.44. The Labute approximate surface area is 125 Å². The van der Waals surface area contributed by atoms with Crippen molar-refractivity contribution in [2.24, 2.45) is 11.8 Å². The Morgan fingerprint density at radius 3 is 2.67 bits per heavy atom. The third-order valence-corrected chi connectivity index (χ3v) is 5.09. The Morgan fingerprint density at radius 1 is 1.24 bits per heavy atom. The van der Waals surface area contributed by atoms with E-state index in [0.29, 0.717) is 17.2 Å². The van der Waals surface area contributed by atoms with E-state index >= 15 is 0 Å². The van der Waals surface area contributed by atoms with Gasteiger partial charge in [0.25, 0.3) is 5.91 Å². The third kappa shape index (κ3) is 3.37. The Bertz CT molecular complexity index is 657. The molecule has 2 saturated carbocycles. The Morgan fingerprint density at radius 2 is 2.05 bits per heavy atom. The maximum Gasteiger partial charge on any atom is 0.251 e. The summed E-state index contributed by atoms with van der Waals surface area (Å²) >= 11 is 0. The van der Waals surface area contributed by atoms with E-state index in [-0.39, 0.29) is 11.9 Å². The summed E-state index contributed by atoms with van der Waals surface area (Å²) in [4.78, 5) is 12.3. The summed E-state index contributed by atoms with van der Waals surface area (Å²) in [6, 6.07) is 6.88. The van der Waals surface area contributed by atoms with Gasteiger partial charge in [0.15, 0.2) is 0 Å². The second-order valence-electron chi connectivity index (χ2n) is 6.21. The summed E-state index contributed by atoms with van der Waals surface area (Å²) in [6.45, 7) is 0. The van der Waals surface area contributed by atoms with E-state index < -0.39 is 10.0 Å². The molecular weight excluding hydrogens is 288 g/mol. The molecule has 1 aromatic carbocycles. The molecule has 2 N–H and O–H groups in total. The average molecular weight is 308 g/mol.